The normalized spacial score (nSPS) is 11.6. The number of benzene rings is 1. The third-order valence-corrected chi connectivity index (χ3v) is 3.77. The van der Waals surface area contributed by atoms with Crippen molar-refractivity contribution in [2.24, 2.45) is 0 Å². The first-order valence-electron chi connectivity index (χ1n) is 9.43. The average Bonchev–Trinajstić information content (AvgIpc) is 2.71. The number of fused-ring (bicyclic) bond motifs is 1. The number of pyridine rings is 1. The second-order valence-electron chi connectivity index (χ2n) is 7.50. The van der Waals surface area contributed by atoms with Crippen LogP contribution in [0.2, 0.25) is 0 Å². The molecule has 0 radical (unpaired) electrons. The van der Waals surface area contributed by atoms with Crippen molar-refractivity contribution >= 4 is 34.6 Å². The summed E-state index contributed by atoms with van der Waals surface area (Å²) in [5.74, 6) is -0.901. The molecular formula is C21H25FN4O5. The Morgan fingerprint density at radius 1 is 1.13 bits per heavy atom. The molecule has 1 aromatic heterocycles. The van der Waals surface area contributed by atoms with Crippen molar-refractivity contribution < 1.29 is 28.2 Å². The van der Waals surface area contributed by atoms with Gasteiger partial charge in [-0.1, -0.05) is 0 Å². The highest BCUT2D eigenvalue weighted by Crippen LogP contribution is 2.21. The van der Waals surface area contributed by atoms with Crippen LogP contribution >= 0.6 is 0 Å². The van der Waals surface area contributed by atoms with Crippen LogP contribution in [0, 0.1) is 0 Å². The Morgan fingerprint density at radius 3 is 2.52 bits per heavy atom. The van der Waals surface area contributed by atoms with Crippen LogP contribution in [0.4, 0.5) is 15.0 Å². The topological polar surface area (TPSA) is 119 Å². The first-order valence-corrected chi connectivity index (χ1v) is 9.43. The smallest absolute Gasteiger partial charge is 0.407 e. The summed E-state index contributed by atoms with van der Waals surface area (Å²) >= 11 is 0. The van der Waals surface area contributed by atoms with E-state index in [9.17, 15) is 18.8 Å². The van der Waals surface area contributed by atoms with Crippen LogP contribution in [0.25, 0.3) is 10.9 Å². The lowest BCUT2D eigenvalue weighted by atomic mass is 10.2. The van der Waals surface area contributed by atoms with Crippen LogP contribution in [-0.2, 0) is 14.3 Å². The summed E-state index contributed by atoms with van der Waals surface area (Å²) in [6.07, 6.45) is -0.274. The number of hydrogen-bond donors (Lipinski definition) is 3. The first-order chi connectivity index (χ1) is 14.6. The quantitative estimate of drug-likeness (QED) is 0.604. The van der Waals surface area contributed by atoms with Crippen LogP contribution in [0.3, 0.4) is 0 Å². The molecule has 0 bridgehead atoms. The van der Waals surface area contributed by atoms with Crippen LogP contribution in [0.1, 0.15) is 20.8 Å². The van der Waals surface area contributed by atoms with Crippen molar-refractivity contribution in [2.75, 3.05) is 25.5 Å². The van der Waals surface area contributed by atoms with Gasteiger partial charge < -0.3 is 25.4 Å². The molecule has 166 valence electrons. The molecule has 0 fully saturated rings. The number of amides is 3. The minimum atomic E-state index is -0.820. The Bertz CT molecular complexity index is 1000. The molecule has 2 rings (SSSR count). The number of nitrogens with one attached hydrogen (secondary N) is 3. The highest BCUT2D eigenvalue weighted by atomic mass is 19.1. The van der Waals surface area contributed by atoms with Gasteiger partial charge in [0.05, 0.1) is 11.8 Å². The van der Waals surface area contributed by atoms with Crippen molar-refractivity contribution in [3.8, 4) is 5.75 Å². The Labute approximate surface area is 179 Å². The van der Waals surface area contributed by atoms with E-state index < -0.39 is 23.5 Å². The molecule has 0 saturated heterocycles. The van der Waals surface area contributed by atoms with Crippen LogP contribution in [0.15, 0.2) is 42.2 Å². The van der Waals surface area contributed by atoms with Crippen LogP contribution < -0.4 is 20.7 Å². The van der Waals surface area contributed by atoms with E-state index in [-0.39, 0.29) is 24.5 Å². The highest BCUT2D eigenvalue weighted by Gasteiger charge is 2.16. The predicted octanol–water partition coefficient (Wildman–Crippen LogP) is 2.68. The number of carbonyl (C=O) groups excluding carboxylic acids is 3. The van der Waals surface area contributed by atoms with Crippen molar-refractivity contribution in [1.82, 2.24) is 15.6 Å². The standard InChI is InChI=1S/C21H25FN4O5/c1-21(2,3)31-20(29)24-11-13(10-22)12-30-15-6-7-16-14(9-15)5-8-17(25-16)26-19(28)18(27)23-4/h5-10H,11-12H2,1-4H3,(H,23,27)(H,24,29)(H,25,26,28)/b13-10+. The number of alkyl carbamates (subject to hydrolysis) is 1. The molecule has 3 amide bonds. The van der Waals surface area contributed by atoms with E-state index in [0.717, 1.165) is 0 Å². The number of ether oxygens (including phenoxy) is 2. The van der Waals surface area contributed by atoms with Gasteiger partial charge in [-0.15, -0.1) is 0 Å². The number of carbonyl (C=O) groups is 3. The summed E-state index contributed by atoms with van der Waals surface area (Å²) in [4.78, 5) is 38.8. The second-order valence-corrected chi connectivity index (χ2v) is 7.50. The molecule has 2 aromatic rings. The summed E-state index contributed by atoms with van der Waals surface area (Å²) in [5.41, 5.74) is 0.135. The fraction of sp³-hybridized carbons (Fsp3) is 0.333. The maximum Gasteiger partial charge on any atom is 0.407 e. The van der Waals surface area contributed by atoms with E-state index in [1.165, 1.54) is 7.05 Å². The number of halogens is 1. The molecular weight excluding hydrogens is 407 g/mol. The molecule has 0 atom stereocenters. The molecule has 0 spiro atoms. The first kappa shape index (κ1) is 23.6. The predicted molar refractivity (Wildman–Crippen MR) is 113 cm³/mol. The lowest BCUT2D eigenvalue weighted by Gasteiger charge is -2.20. The third-order valence-electron chi connectivity index (χ3n) is 3.77. The fourth-order valence-electron chi connectivity index (χ4n) is 2.35. The molecule has 10 heteroatoms. The van der Waals surface area contributed by atoms with Crippen molar-refractivity contribution in [3.05, 3.63) is 42.2 Å². The zero-order valence-corrected chi connectivity index (χ0v) is 17.7. The van der Waals surface area contributed by atoms with Crippen molar-refractivity contribution in [2.45, 2.75) is 26.4 Å². The maximum atomic E-state index is 13.1. The third kappa shape index (κ3) is 7.57. The Kier molecular flexibility index (Phi) is 7.89. The van der Waals surface area contributed by atoms with Gasteiger partial charge in [0, 0.05) is 24.6 Å². The summed E-state index contributed by atoms with van der Waals surface area (Å²) in [7, 11) is 1.36. The van der Waals surface area contributed by atoms with Gasteiger partial charge in [-0.3, -0.25) is 9.59 Å². The molecule has 0 saturated carbocycles. The van der Waals surface area contributed by atoms with E-state index in [0.29, 0.717) is 23.0 Å². The average molecular weight is 432 g/mol. The second kappa shape index (κ2) is 10.4. The number of nitrogens with zero attached hydrogens (tertiary/aromatic N) is 1. The van der Waals surface area contributed by atoms with E-state index in [1.54, 1.807) is 51.1 Å². The Morgan fingerprint density at radius 2 is 1.87 bits per heavy atom. The number of rotatable bonds is 6. The molecule has 31 heavy (non-hydrogen) atoms. The van der Waals surface area contributed by atoms with E-state index in [2.05, 4.69) is 20.9 Å². The molecule has 1 heterocycles. The molecule has 0 aliphatic rings. The van der Waals surface area contributed by atoms with Gasteiger partial charge in [-0.25, -0.2) is 14.2 Å². The van der Waals surface area contributed by atoms with Gasteiger partial charge in [-0.2, -0.15) is 0 Å². The van der Waals surface area contributed by atoms with Gasteiger partial charge >= 0.3 is 17.9 Å². The van der Waals surface area contributed by atoms with Crippen molar-refractivity contribution in [1.29, 1.82) is 0 Å². The largest absolute Gasteiger partial charge is 0.489 e. The zero-order chi connectivity index (χ0) is 23.0. The van der Waals surface area contributed by atoms with Crippen molar-refractivity contribution in [3.63, 3.8) is 0 Å². The molecule has 0 aliphatic carbocycles. The van der Waals surface area contributed by atoms with E-state index >= 15 is 0 Å². The molecule has 9 nitrogen and oxygen atoms in total. The number of anilines is 1. The Hall–Kier alpha value is -3.69. The van der Waals surface area contributed by atoms with Gasteiger partial charge in [0.25, 0.3) is 0 Å². The number of aromatic nitrogens is 1. The lowest BCUT2D eigenvalue weighted by molar-refractivity contribution is -0.135. The Balaban J connectivity index is 1.96. The van der Waals surface area contributed by atoms with E-state index in [1.807, 2.05) is 0 Å². The minimum Gasteiger partial charge on any atom is -0.489 e. The SMILES string of the molecule is CNC(=O)C(=O)Nc1ccc2cc(OC/C(=C/F)CNC(=O)OC(C)(C)C)ccc2n1. The maximum absolute atomic E-state index is 13.1. The molecule has 1 aromatic carbocycles. The highest BCUT2D eigenvalue weighted by molar-refractivity contribution is 6.39. The van der Waals surface area contributed by atoms with Crippen LogP contribution in [0.5, 0.6) is 5.75 Å². The van der Waals surface area contributed by atoms with E-state index in [4.69, 9.17) is 9.47 Å². The minimum absolute atomic E-state index is 0.0606. The molecule has 3 N–H and O–H groups in total. The van der Waals surface area contributed by atoms with Gasteiger partial charge in [-0.05, 0) is 51.1 Å². The monoisotopic (exact) mass is 432 g/mol. The van der Waals surface area contributed by atoms with Gasteiger partial charge in [0.15, 0.2) is 0 Å². The lowest BCUT2D eigenvalue weighted by Crippen LogP contribution is -2.34. The zero-order valence-electron chi connectivity index (χ0n) is 17.7. The van der Waals surface area contributed by atoms with Gasteiger partial charge in [0.1, 0.15) is 23.8 Å². The summed E-state index contributed by atoms with van der Waals surface area (Å²) < 4.78 is 23.8. The number of hydrogen-bond acceptors (Lipinski definition) is 6. The van der Waals surface area contributed by atoms with Crippen LogP contribution in [-0.4, -0.2) is 48.7 Å². The molecule has 0 aliphatic heterocycles. The molecule has 0 unspecified atom stereocenters. The summed E-state index contributed by atoms with van der Waals surface area (Å²) in [5, 5.41) is 7.81. The summed E-state index contributed by atoms with van der Waals surface area (Å²) in [6.45, 7) is 5.05. The number of likely N-dealkylation sites (N-methyl/N-ethyl adjacent to an activating group) is 1. The van der Waals surface area contributed by atoms with Gasteiger partial charge in [0.2, 0.25) is 0 Å². The fourth-order valence-corrected chi connectivity index (χ4v) is 2.35. The summed E-state index contributed by atoms with van der Waals surface area (Å²) in [6, 6.07) is 8.24.